The number of aliphatic hydroxyl groups excluding tert-OH is 1. The summed E-state index contributed by atoms with van der Waals surface area (Å²) in [6, 6.07) is 3.04. The lowest BCUT2D eigenvalue weighted by Gasteiger charge is -2.17. The van der Waals surface area contributed by atoms with Gasteiger partial charge in [-0.3, -0.25) is 0 Å². The first-order chi connectivity index (χ1) is 8.77. The largest absolute Gasteiger partial charge is 0.391 e. The molecule has 1 rings (SSSR count). The normalized spacial score (nSPS) is 15.2. The molecule has 7 heteroatoms. The zero-order valence-electron chi connectivity index (χ0n) is 10.7. The maximum atomic E-state index is 12.9. The summed E-state index contributed by atoms with van der Waals surface area (Å²) in [6.07, 6.45) is -0.0424. The van der Waals surface area contributed by atoms with Gasteiger partial charge in [-0.05, 0) is 24.1 Å². The van der Waals surface area contributed by atoms with E-state index in [9.17, 15) is 17.9 Å². The Hall–Kier alpha value is -0.690. The van der Waals surface area contributed by atoms with Crippen LogP contribution in [0, 0.1) is 11.7 Å². The number of hydrogen-bond acceptors (Lipinski definition) is 3. The minimum Gasteiger partial charge on any atom is -0.391 e. The van der Waals surface area contributed by atoms with Crippen LogP contribution in [0.1, 0.15) is 20.3 Å². The van der Waals surface area contributed by atoms with Gasteiger partial charge in [0.25, 0.3) is 0 Å². The maximum absolute atomic E-state index is 12.9. The van der Waals surface area contributed by atoms with Gasteiger partial charge in [0.15, 0.2) is 0 Å². The van der Waals surface area contributed by atoms with Crippen LogP contribution in [0.15, 0.2) is 23.1 Å². The standard InChI is InChI=1S/C12H17ClFNO3S/c1-3-8(2)11(16)7-15-19(17,18)12-5-4-9(14)6-10(12)13/h4-6,8,11,15-16H,3,7H2,1-2H3. The first kappa shape index (κ1) is 16.4. The van der Waals surface area contributed by atoms with Crippen molar-refractivity contribution in [3.63, 3.8) is 0 Å². The van der Waals surface area contributed by atoms with Crippen molar-refractivity contribution < 1.29 is 17.9 Å². The van der Waals surface area contributed by atoms with E-state index in [-0.39, 0.29) is 22.4 Å². The monoisotopic (exact) mass is 309 g/mol. The predicted molar refractivity (Wildman–Crippen MR) is 72.1 cm³/mol. The number of halogens is 2. The molecule has 0 saturated heterocycles. The van der Waals surface area contributed by atoms with Crippen molar-refractivity contribution in [2.75, 3.05) is 6.54 Å². The quantitative estimate of drug-likeness (QED) is 0.846. The third-order valence-electron chi connectivity index (χ3n) is 2.97. The molecule has 4 nitrogen and oxygen atoms in total. The van der Waals surface area contributed by atoms with Gasteiger partial charge in [-0.25, -0.2) is 17.5 Å². The third kappa shape index (κ3) is 4.42. The summed E-state index contributed by atoms with van der Waals surface area (Å²) < 4.78 is 39.0. The molecule has 2 N–H and O–H groups in total. The number of nitrogens with one attached hydrogen (secondary N) is 1. The van der Waals surface area contributed by atoms with Crippen molar-refractivity contribution in [2.45, 2.75) is 31.3 Å². The highest BCUT2D eigenvalue weighted by molar-refractivity contribution is 7.89. The fraction of sp³-hybridized carbons (Fsp3) is 0.500. The highest BCUT2D eigenvalue weighted by Crippen LogP contribution is 2.22. The zero-order valence-corrected chi connectivity index (χ0v) is 12.3. The Balaban J connectivity index is 2.82. The summed E-state index contributed by atoms with van der Waals surface area (Å²) in [5.74, 6) is -0.630. The predicted octanol–water partition coefficient (Wildman–Crippen LogP) is 2.16. The average molecular weight is 310 g/mol. The lowest BCUT2D eigenvalue weighted by molar-refractivity contribution is 0.118. The summed E-state index contributed by atoms with van der Waals surface area (Å²) in [7, 11) is -3.85. The molecule has 19 heavy (non-hydrogen) atoms. The molecular weight excluding hydrogens is 293 g/mol. The molecule has 0 aliphatic heterocycles. The Morgan fingerprint density at radius 3 is 2.63 bits per heavy atom. The van der Waals surface area contributed by atoms with E-state index in [4.69, 9.17) is 11.6 Å². The minimum atomic E-state index is -3.85. The van der Waals surface area contributed by atoms with Crippen LogP contribution in [0.5, 0.6) is 0 Å². The minimum absolute atomic E-state index is 0.0219. The lowest BCUT2D eigenvalue weighted by Crippen LogP contribution is -2.35. The van der Waals surface area contributed by atoms with Gasteiger partial charge in [0.2, 0.25) is 10.0 Å². The molecule has 108 valence electrons. The number of rotatable bonds is 6. The lowest BCUT2D eigenvalue weighted by atomic mass is 10.0. The van der Waals surface area contributed by atoms with Gasteiger partial charge in [-0.15, -0.1) is 0 Å². The molecule has 0 saturated carbocycles. The summed E-state index contributed by atoms with van der Waals surface area (Å²) in [5.41, 5.74) is 0. The third-order valence-corrected chi connectivity index (χ3v) is 4.87. The molecule has 1 aromatic rings. The molecule has 0 aliphatic rings. The van der Waals surface area contributed by atoms with E-state index in [1.165, 1.54) is 0 Å². The molecule has 0 heterocycles. The molecule has 0 radical (unpaired) electrons. The van der Waals surface area contributed by atoms with Gasteiger partial charge in [0.1, 0.15) is 10.7 Å². The Kier molecular flexibility index (Phi) is 5.73. The fourth-order valence-corrected chi connectivity index (χ4v) is 3.02. The number of aliphatic hydroxyl groups is 1. The van der Waals surface area contributed by atoms with Crippen LogP contribution >= 0.6 is 11.6 Å². The second-order valence-electron chi connectivity index (χ2n) is 4.38. The van der Waals surface area contributed by atoms with Crippen LogP contribution in [0.3, 0.4) is 0 Å². The summed E-state index contributed by atoms with van der Waals surface area (Å²) in [5, 5.41) is 9.53. The first-order valence-corrected chi connectivity index (χ1v) is 7.76. The van der Waals surface area contributed by atoms with Gasteiger partial charge in [0, 0.05) is 6.54 Å². The fourth-order valence-electron chi connectivity index (χ4n) is 1.44. The number of sulfonamides is 1. The molecule has 0 aromatic heterocycles. The van der Waals surface area contributed by atoms with E-state index >= 15 is 0 Å². The van der Waals surface area contributed by atoms with Crippen molar-refractivity contribution in [1.29, 1.82) is 0 Å². The van der Waals surface area contributed by atoms with E-state index in [2.05, 4.69) is 4.72 Å². The van der Waals surface area contributed by atoms with Crippen molar-refractivity contribution in [1.82, 2.24) is 4.72 Å². The summed E-state index contributed by atoms with van der Waals surface area (Å²) in [4.78, 5) is -0.202. The summed E-state index contributed by atoms with van der Waals surface area (Å²) >= 11 is 5.70. The topological polar surface area (TPSA) is 66.4 Å². The molecule has 1 aromatic carbocycles. The molecule has 0 fully saturated rings. The molecule has 0 spiro atoms. The molecule has 2 unspecified atom stereocenters. The summed E-state index contributed by atoms with van der Waals surface area (Å²) in [6.45, 7) is 3.62. The van der Waals surface area contributed by atoms with Crippen molar-refractivity contribution in [2.24, 2.45) is 5.92 Å². The van der Waals surface area contributed by atoms with Gasteiger partial charge < -0.3 is 5.11 Å². The number of benzene rings is 1. The van der Waals surface area contributed by atoms with Crippen molar-refractivity contribution in [3.05, 3.63) is 29.0 Å². The Bertz CT molecular complexity index is 536. The first-order valence-electron chi connectivity index (χ1n) is 5.90. The smallest absolute Gasteiger partial charge is 0.242 e. The van der Waals surface area contributed by atoms with Crippen LogP contribution in [-0.4, -0.2) is 26.2 Å². The molecular formula is C12H17ClFNO3S. The number of hydrogen-bond donors (Lipinski definition) is 2. The Morgan fingerprint density at radius 2 is 2.11 bits per heavy atom. The highest BCUT2D eigenvalue weighted by atomic mass is 35.5. The van der Waals surface area contributed by atoms with Gasteiger partial charge in [-0.2, -0.15) is 0 Å². The van der Waals surface area contributed by atoms with Gasteiger partial charge in [0.05, 0.1) is 11.1 Å². The molecule has 0 amide bonds. The second-order valence-corrected chi connectivity index (χ2v) is 6.52. The van der Waals surface area contributed by atoms with Crippen LogP contribution in [0.25, 0.3) is 0 Å². The van der Waals surface area contributed by atoms with E-state index in [1.54, 1.807) is 0 Å². The van der Waals surface area contributed by atoms with E-state index in [0.717, 1.165) is 24.6 Å². The highest BCUT2D eigenvalue weighted by Gasteiger charge is 2.21. The van der Waals surface area contributed by atoms with Crippen LogP contribution < -0.4 is 4.72 Å². The van der Waals surface area contributed by atoms with Crippen LogP contribution in [0.4, 0.5) is 4.39 Å². The van der Waals surface area contributed by atoms with E-state index < -0.39 is 21.9 Å². The maximum Gasteiger partial charge on any atom is 0.242 e. The second kappa shape index (κ2) is 6.65. The molecule has 0 aliphatic carbocycles. The van der Waals surface area contributed by atoms with Gasteiger partial charge >= 0.3 is 0 Å². The van der Waals surface area contributed by atoms with E-state index in [1.807, 2.05) is 13.8 Å². The van der Waals surface area contributed by atoms with Crippen molar-refractivity contribution >= 4 is 21.6 Å². The van der Waals surface area contributed by atoms with Crippen LogP contribution in [0.2, 0.25) is 5.02 Å². The molecule has 2 atom stereocenters. The average Bonchev–Trinajstić information content (AvgIpc) is 2.34. The zero-order chi connectivity index (χ0) is 14.6. The SMILES string of the molecule is CCC(C)C(O)CNS(=O)(=O)c1ccc(F)cc1Cl. The van der Waals surface area contributed by atoms with Crippen molar-refractivity contribution in [3.8, 4) is 0 Å². The Labute approximate surface area is 117 Å². The van der Waals surface area contributed by atoms with Crippen LogP contribution in [-0.2, 0) is 10.0 Å². The van der Waals surface area contributed by atoms with Gasteiger partial charge in [-0.1, -0.05) is 31.9 Å². The van der Waals surface area contributed by atoms with E-state index in [0.29, 0.717) is 0 Å². The Morgan fingerprint density at radius 1 is 1.47 bits per heavy atom. The molecule has 0 bridgehead atoms.